The number of benzene rings is 2. The Labute approximate surface area is 190 Å². The molecule has 1 saturated carbocycles. The molecule has 5 rings (SSSR count). The average molecular weight is 427 g/mol. The van der Waals surface area contributed by atoms with E-state index in [1.54, 1.807) is 0 Å². The zero-order chi connectivity index (χ0) is 23.0. The normalized spacial score (nSPS) is 27.7. The van der Waals surface area contributed by atoms with Gasteiger partial charge in [-0.1, -0.05) is 64.1 Å². The maximum Gasteiger partial charge on any atom is 0.161 e. The molecule has 1 aliphatic carbocycles. The molecule has 0 aromatic heterocycles. The van der Waals surface area contributed by atoms with Gasteiger partial charge in [-0.3, -0.25) is 9.59 Å². The van der Waals surface area contributed by atoms with E-state index in [1.165, 1.54) is 11.1 Å². The summed E-state index contributed by atoms with van der Waals surface area (Å²) in [4.78, 5) is 30.6. The first-order valence-corrected chi connectivity index (χ1v) is 11.3. The van der Waals surface area contributed by atoms with Crippen molar-refractivity contribution < 1.29 is 9.59 Å². The zero-order valence-corrected chi connectivity index (χ0v) is 19.6. The van der Waals surface area contributed by atoms with E-state index >= 15 is 0 Å². The van der Waals surface area contributed by atoms with Crippen LogP contribution >= 0.6 is 0 Å². The minimum atomic E-state index is -0.667. The highest BCUT2D eigenvalue weighted by Gasteiger charge is 2.50. The number of allylic oxidation sites excluding steroid dienone is 4. The maximum absolute atomic E-state index is 13.2. The summed E-state index contributed by atoms with van der Waals surface area (Å²) < 4.78 is 0. The number of rotatable bonds is 2. The highest BCUT2D eigenvalue weighted by Crippen LogP contribution is 2.50. The van der Waals surface area contributed by atoms with E-state index in [-0.39, 0.29) is 22.4 Å². The highest BCUT2D eigenvalue weighted by atomic mass is 16.2. The van der Waals surface area contributed by atoms with Gasteiger partial charge in [0.25, 0.3) is 0 Å². The van der Waals surface area contributed by atoms with Gasteiger partial charge >= 0.3 is 0 Å². The second kappa shape index (κ2) is 6.68. The Hall–Kier alpha value is -3.14. The first kappa shape index (κ1) is 20.7. The predicted octanol–water partition coefficient (Wildman–Crippen LogP) is 4.99. The van der Waals surface area contributed by atoms with Crippen molar-refractivity contribution >= 4 is 22.9 Å². The highest BCUT2D eigenvalue weighted by molar-refractivity contribution is 6.26. The monoisotopic (exact) mass is 426 g/mol. The second-order valence-corrected chi connectivity index (χ2v) is 10.3. The van der Waals surface area contributed by atoms with Gasteiger partial charge in [0.2, 0.25) is 0 Å². The van der Waals surface area contributed by atoms with Crippen LogP contribution in [0.3, 0.4) is 0 Å². The van der Waals surface area contributed by atoms with Crippen LogP contribution in [0.4, 0.5) is 11.4 Å². The molecule has 4 nitrogen and oxygen atoms in total. The van der Waals surface area contributed by atoms with Crippen LogP contribution in [-0.4, -0.2) is 25.7 Å². The van der Waals surface area contributed by atoms with Crippen molar-refractivity contribution in [2.24, 2.45) is 11.8 Å². The van der Waals surface area contributed by atoms with E-state index in [0.29, 0.717) is 0 Å². The minimum absolute atomic E-state index is 0.00434. The van der Waals surface area contributed by atoms with Crippen LogP contribution in [0.2, 0.25) is 0 Å². The number of ketones is 2. The molecule has 0 saturated heterocycles. The van der Waals surface area contributed by atoms with Crippen LogP contribution in [0.1, 0.15) is 38.8 Å². The molecule has 0 bridgehead atoms. The lowest BCUT2D eigenvalue weighted by atomic mass is 9.69. The lowest BCUT2D eigenvalue weighted by Crippen LogP contribution is -2.48. The number of hydrogen-bond donors (Lipinski definition) is 0. The van der Waals surface area contributed by atoms with Gasteiger partial charge in [-0.2, -0.15) is 0 Å². The Morgan fingerprint density at radius 1 is 0.656 bits per heavy atom. The van der Waals surface area contributed by atoms with Crippen LogP contribution in [0.25, 0.3) is 0 Å². The van der Waals surface area contributed by atoms with Crippen molar-refractivity contribution in [2.45, 2.75) is 38.5 Å². The Kier molecular flexibility index (Phi) is 4.33. The second-order valence-electron chi connectivity index (χ2n) is 10.3. The molecule has 2 aliphatic heterocycles. The summed E-state index contributed by atoms with van der Waals surface area (Å²) in [5.74, 6) is -1.34. The summed E-state index contributed by atoms with van der Waals surface area (Å²) in [5.41, 5.74) is 6.25. The van der Waals surface area contributed by atoms with E-state index in [9.17, 15) is 9.59 Å². The summed E-state index contributed by atoms with van der Waals surface area (Å²) in [6.45, 7) is 8.62. The van der Waals surface area contributed by atoms with Crippen LogP contribution in [-0.2, 0) is 20.4 Å². The number of Topliss-reactive ketones (excluding diaryl/α,β-unsaturated/α-hetero) is 2. The molecule has 0 N–H and O–H groups in total. The number of carbonyl (C=O) groups excluding carboxylic acids is 2. The van der Waals surface area contributed by atoms with Gasteiger partial charge in [-0.05, 0) is 35.4 Å². The van der Waals surface area contributed by atoms with Crippen molar-refractivity contribution in [2.75, 3.05) is 23.9 Å². The third-order valence-corrected chi connectivity index (χ3v) is 7.76. The summed E-state index contributed by atoms with van der Waals surface area (Å²) in [6.07, 6.45) is 3.80. The Balaban J connectivity index is 1.45. The van der Waals surface area contributed by atoms with Crippen molar-refractivity contribution in [3.8, 4) is 0 Å². The molecule has 0 unspecified atom stereocenters. The zero-order valence-electron chi connectivity index (χ0n) is 19.6. The Bertz CT molecular complexity index is 1110. The SMILES string of the molecule is CN1/C(=C\C2C(=O)C(/C=C3\N(C)c4ccccc4C3(C)C)C2=O)C(C)(C)c2ccccc21. The molecular formula is C28H30N2O2. The smallest absolute Gasteiger partial charge is 0.161 e. The van der Waals surface area contributed by atoms with Crippen molar-refractivity contribution in [3.63, 3.8) is 0 Å². The molecule has 2 aromatic rings. The molecule has 4 heteroatoms. The number of likely N-dealkylation sites (N-methyl/N-ethyl adjacent to an activating group) is 2. The van der Waals surface area contributed by atoms with E-state index in [1.807, 2.05) is 50.5 Å². The fourth-order valence-corrected chi connectivity index (χ4v) is 5.82. The van der Waals surface area contributed by atoms with Gasteiger partial charge in [0.1, 0.15) is 0 Å². The molecule has 2 heterocycles. The number of para-hydroxylation sites is 2. The number of fused-ring (bicyclic) bond motifs is 2. The summed E-state index contributed by atoms with van der Waals surface area (Å²) in [5, 5.41) is 0. The molecule has 0 amide bonds. The standard InChI is InChI=1S/C28H30N2O2/c1-27(2)19-11-7-9-13-21(19)29(5)23(27)15-17-25(31)18(26(17)32)16-24-28(3,4)20-12-8-10-14-22(20)30(24)6/h7-18H,1-6H3/b23-15-,24-16-. The number of hydrogen-bond acceptors (Lipinski definition) is 4. The largest absolute Gasteiger partial charge is 0.347 e. The Morgan fingerprint density at radius 2 is 1.00 bits per heavy atom. The van der Waals surface area contributed by atoms with Crippen molar-refractivity contribution in [1.82, 2.24) is 0 Å². The van der Waals surface area contributed by atoms with Crippen molar-refractivity contribution in [3.05, 3.63) is 83.2 Å². The maximum atomic E-state index is 13.2. The van der Waals surface area contributed by atoms with Crippen LogP contribution in [0.5, 0.6) is 0 Å². The summed E-state index contributed by atoms with van der Waals surface area (Å²) >= 11 is 0. The lowest BCUT2D eigenvalue weighted by Gasteiger charge is -2.33. The molecule has 164 valence electrons. The van der Waals surface area contributed by atoms with Gasteiger partial charge in [0.05, 0.1) is 11.8 Å². The summed E-state index contributed by atoms with van der Waals surface area (Å²) in [7, 11) is 4.03. The molecule has 1 fully saturated rings. The molecule has 3 aliphatic rings. The predicted molar refractivity (Wildman–Crippen MR) is 129 cm³/mol. The first-order valence-electron chi connectivity index (χ1n) is 11.3. The number of carbonyl (C=O) groups is 2. The van der Waals surface area contributed by atoms with E-state index in [0.717, 1.165) is 22.8 Å². The quantitative estimate of drug-likeness (QED) is 0.634. The van der Waals surface area contributed by atoms with Crippen LogP contribution in [0.15, 0.2) is 72.1 Å². The molecule has 0 atom stereocenters. The lowest BCUT2D eigenvalue weighted by molar-refractivity contribution is -0.146. The van der Waals surface area contributed by atoms with Crippen molar-refractivity contribution in [1.29, 1.82) is 0 Å². The van der Waals surface area contributed by atoms with Gasteiger partial charge in [-0.25, -0.2) is 0 Å². The Morgan fingerprint density at radius 3 is 1.34 bits per heavy atom. The van der Waals surface area contributed by atoms with Crippen LogP contribution in [0, 0.1) is 11.8 Å². The van der Waals surface area contributed by atoms with E-state index < -0.39 is 11.8 Å². The van der Waals surface area contributed by atoms with Gasteiger partial charge in [0.15, 0.2) is 11.6 Å². The fourth-order valence-electron chi connectivity index (χ4n) is 5.82. The number of nitrogens with zero attached hydrogens (tertiary/aromatic N) is 2. The van der Waals surface area contributed by atoms with E-state index in [2.05, 4.69) is 61.8 Å². The minimum Gasteiger partial charge on any atom is -0.347 e. The first-order chi connectivity index (χ1) is 15.1. The average Bonchev–Trinajstić information content (AvgIpc) is 3.09. The molecule has 2 aromatic carbocycles. The van der Waals surface area contributed by atoms with Gasteiger partial charge in [0, 0.05) is 47.7 Å². The molecule has 32 heavy (non-hydrogen) atoms. The third kappa shape index (κ3) is 2.62. The van der Waals surface area contributed by atoms with Gasteiger partial charge in [-0.15, -0.1) is 0 Å². The number of anilines is 2. The molecule has 0 radical (unpaired) electrons. The van der Waals surface area contributed by atoms with E-state index in [4.69, 9.17) is 0 Å². The van der Waals surface area contributed by atoms with Crippen LogP contribution < -0.4 is 9.80 Å². The topological polar surface area (TPSA) is 40.6 Å². The fraction of sp³-hybridized carbons (Fsp3) is 0.357. The molecule has 0 spiro atoms. The summed E-state index contributed by atoms with van der Waals surface area (Å²) in [6, 6.07) is 16.5. The van der Waals surface area contributed by atoms with Gasteiger partial charge < -0.3 is 9.80 Å². The molecular weight excluding hydrogens is 396 g/mol. The third-order valence-electron chi connectivity index (χ3n) is 7.76.